The zero-order chi connectivity index (χ0) is 16.2. The van der Waals surface area contributed by atoms with Gasteiger partial charge in [-0.25, -0.2) is 8.78 Å². The first-order valence-corrected chi connectivity index (χ1v) is 7.45. The third kappa shape index (κ3) is 3.70. The average molecular weight is 321 g/mol. The van der Waals surface area contributed by atoms with Crippen molar-refractivity contribution in [2.45, 2.75) is 25.4 Å². The van der Waals surface area contributed by atoms with Crippen LogP contribution in [0.25, 0.3) is 0 Å². The van der Waals surface area contributed by atoms with Crippen molar-refractivity contribution in [3.8, 4) is 0 Å². The number of likely N-dealkylation sites (tertiary alicyclic amines) is 1. The maximum Gasteiger partial charge on any atom is 0.273 e. The number of piperidine rings is 1. The van der Waals surface area contributed by atoms with Crippen LogP contribution in [-0.4, -0.2) is 45.3 Å². The Kier molecular flexibility index (Phi) is 4.61. The lowest BCUT2D eigenvalue weighted by atomic mass is 10.0. The van der Waals surface area contributed by atoms with Crippen molar-refractivity contribution in [1.82, 2.24) is 25.6 Å². The number of halogens is 2. The molecule has 1 aliphatic heterocycles. The van der Waals surface area contributed by atoms with Gasteiger partial charge in [0, 0.05) is 24.7 Å². The summed E-state index contributed by atoms with van der Waals surface area (Å²) in [5, 5.41) is 12.6. The van der Waals surface area contributed by atoms with E-state index in [-0.39, 0.29) is 29.8 Å². The molecule has 2 heterocycles. The van der Waals surface area contributed by atoms with E-state index in [0.29, 0.717) is 6.54 Å². The second kappa shape index (κ2) is 6.82. The van der Waals surface area contributed by atoms with Gasteiger partial charge in [-0.1, -0.05) is 6.07 Å². The summed E-state index contributed by atoms with van der Waals surface area (Å²) in [7, 11) is 0. The fourth-order valence-electron chi connectivity index (χ4n) is 2.79. The van der Waals surface area contributed by atoms with Crippen molar-refractivity contribution in [2.24, 2.45) is 0 Å². The van der Waals surface area contributed by atoms with Crippen molar-refractivity contribution in [3.05, 3.63) is 47.3 Å². The topological polar surface area (TPSA) is 73.9 Å². The highest BCUT2D eigenvalue weighted by atomic mass is 19.1. The Balaban J connectivity index is 1.61. The highest BCUT2D eigenvalue weighted by Crippen LogP contribution is 2.18. The van der Waals surface area contributed by atoms with Crippen LogP contribution in [0.15, 0.2) is 24.4 Å². The van der Waals surface area contributed by atoms with Crippen LogP contribution in [0, 0.1) is 11.6 Å². The third-order valence-corrected chi connectivity index (χ3v) is 3.93. The first-order valence-electron chi connectivity index (χ1n) is 7.45. The maximum absolute atomic E-state index is 13.7. The fourth-order valence-corrected chi connectivity index (χ4v) is 2.79. The molecule has 2 N–H and O–H groups in total. The zero-order valence-electron chi connectivity index (χ0n) is 12.4. The Morgan fingerprint density at radius 2 is 2.17 bits per heavy atom. The quantitative estimate of drug-likeness (QED) is 0.894. The van der Waals surface area contributed by atoms with Gasteiger partial charge in [-0.05, 0) is 31.5 Å². The Morgan fingerprint density at radius 1 is 1.39 bits per heavy atom. The van der Waals surface area contributed by atoms with E-state index in [1.807, 2.05) is 4.90 Å². The van der Waals surface area contributed by atoms with Crippen LogP contribution in [0.2, 0.25) is 0 Å². The van der Waals surface area contributed by atoms with Crippen LogP contribution in [0.3, 0.4) is 0 Å². The number of aromatic nitrogens is 3. The van der Waals surface area contributed by atoms with Gasteiger partial charge in [0.15, 0.2) is 5.69 Å². The minimum absolute atomic E-state index is 0.0657. The van der Waals surface area contributed by atoms with E-state index >= 15 is 0 Å². The van der Waals surface area contributed by atoms with Crippen LogP contribution in [0.5, 0.6) is 0 Å². The van der Waals surface area contributed by atoms with Crippen molar-refractivity contribution in [3.63, 3.8) is 0 Å². The number of nitrogens with one attached hydrogen (secondary N) is 2. The fraction of sp³-hybridized carbons (Fsp3) is 0.400. The summed E-state index contributed by atoms with van der Waals surface area (Å²) in [4.78, 5) is 13.9. The van der Waals surface area contributed by atoms with Gasteiger partial charge < -0.3 is 5.32 Å². The number of carbonyl (C=O) groups is 1. The van der Waals surface area contributed by atoms with Gasteiger partial charge in [-0.3, -0.25) is 9.69 Å². The molecule has 0 aliphatic carbocycles. The number of hydrogen-bond acceptors (Lipinski definition) is 4. The van der Waals surface area contributed by atoms with E-state index in [1.165, 1.54) is 24.4 Å². The van der Waals surface area contributed by atoms with Crippen molar-refractivity contribution in [1.29, 1.82) is 0 Å². The second-order valence-electron chi connectivity index (χ2n) is 5.60. The first-order chi connectivity index (χ1) is 11.1. The van der Waals surface area contributed by atoms with Crippen LogP contribution >= 0.6 is 0 Å². The molecule has 1 saturated heterocycles. The molecule has 23 heavy (non-hydrogen) atoms. The molecule has 8 heteroatoms. The number of rotatable bonds is 4. The van der Waals surface area contributed by atoms with Gasteiger partial charge in [0.25, 0.3) is 5.91 Å². The van der Waals surface area contributed by atoms with Gasteiger partial charge in [0.2, 0.25) is 0 Å². The van der Waals surface area contributed by atoms with E-state index in [4.69, 9.17) is 0 Å². The summed E-state index contributed by atoms with van der Waals surface area (Å²) in [5.74, 6) is -1.39. The molecular weight excluding hydrogens is 304 g/mol. The van der Waals surface area contributed by atoms with Crippen molar-refractivity contribution in [2.75, 3.05) is 13.1 Å². The number of hydrogen-bond donors (Lipinski definition) is 2. The Hall–Kier alpha value is -2.35. The van der Waals surface area contributed by atoms with Crippen molar-refractivity contribution < 1.29 is 13.6 Å². The van der Waals surface area contributed by atoms with E-state index in [9.17, 15) is 13.6 Å². The van der Waals surface area contributed by atoms with Crippen LogP contribution in [0.1, 0.15) is 28.9 Å². The van der Waals surface area contributed by atoms with Crippen molar-refractivity contribution >= 4 is 5.91 Å². The monoisotopic (exact) mass is 321 g/mol. The van der Waals surface area contributed by atoms with E-state index < -0.39 is 11.6 Å². The lowest BCUT2D eigenvalue weighted by Gasteiger charge is -2.33. The molecule has 1 aromatic heterocycles. The van der Waals surface area contributed by atoms with Crippen LogP contribution in [0.4, 0.5) is 8.78 Å². The van der Waals surface area contributed by atoms with Gasteiger partial charge in [0.1, 0.15) is 11.6 Å². The first kappa shape index (κ1) is 15.5. The highest BCUT2D eigenvalue weighted by Gasteiger charge is 2.24. The number of aromatic amines is 1. The molecule has 2 aromatic rings. The lowest BCUT2D eigenvalue weighted by molar-refractivity contribution is 0.0894. The molecule has 0 spiro atoms. The minimum atomic E-state index is -0.543. The molecule has 1 fully saturated rings. The Morgan fingerprint density at radius 3 is 2.87 bits per heavy atom. The average Bonchev–Trinajstić information content (AvgIpc) is 3.06. The molecule has 0 bridgehead atoms. The standard InChI is InChI=1S/C15H17F2N5O/c16-12-4-1-5-13(17)11(12)9-22-6-2-3-10(8-22)19-15(23)14-7-18-21-20-14/h1,4-5,7,10H,2-3,6,8-9H2,(H,19,23)(H,18,20,21). The lowest BCUT2D eigenvalue weighted by Crippen LogP contribution is -2.47. The zero-order valence-corrected chi connectivity index (χ0v) is 12.4. The molecule has 1 aliphatic rings. The molecule has 6 nitrogen and oxygen atoms in total. The van der Waals surface area contributed by atoms with E-state index in [0.717, 1.165) is 19.4 Å². The Labute approximate surface area is 131 Å². The maximum atomic E-state index is 13.7. The number of H-pyrrole nitrogens is 1. The molecule has 0 radical (unpaired) electrons. The summed E-state index contributed by atoms with van der Waals surface area (Å²) in [6.07, 6.45) is 3.02. The van der Waals surface area contributed by atoms with Gasteiger partial charge >= 0.3 is 0 Å². The molecule has 0 saturated carbocycles. The SMILES string of the molecule is O=C(NC1CCCN(Cc2c(F)cccc2F)C1)c1cn[nH]n1. The summed E-state index contributed by atoms with van der Waals surface area (Å²) in [5.41, 5.74) is 0.290. The largest absolute Gasteiger partial charge is 0.347 e. The molecule has 122 valence electrons. The van der Waals surface area contributed by atoms with Gasteiger partial charge in [-0.15, -0.1) is 0 Å². The van der Waals surface area contributed by atoms with Crippen LogP contribution < -0.4 is 5.32 Å². The summed E-state index contributed by atoms with van der Waals surface area (Å²) in [6, 6.07) is 3.78. The Bertz CT molecular complexity index is 656. The number of nitrogens with zero attached hydrogens (tertiary/aromatic N) is 3. The van der Waals surface area contributed by atoms with Gasteiger partial charge in [-0.2, -0.15) is 15.4 Å². The predicted octanol–water partition coefficient (Wildman–Crippen LogP) is 1.48. The summed E-state index contributed by atoms with van der Waals surface area (Å²) in [6.45, 7) is 1.47. The molecule has 3 rings (SSSR count). The summed E-state index contributed by atoms with van der Waals surface area (Å²) < 4.78 is 27.5. The van der Waals surface area contributed by atoms with E-state index in [1.54, 1.807) is 0 Å². The molecule has 1 atom stereocenters. The van der Waals surface area contributed by atoms with Crippen LogP contribution in [-0.2, 0) is 6.54 Å². The predicted molar refractivity (Wildman–Crippen MR) is 78.5 cm³/mol. The number of carbonyl (C=O) groups excluding carboxylic acids is 1. The third-order valence-electron chi connectivity index (χ3n) is 3.93. The van der Waals surface area contributed by atoms with E-state index in [2.05, 4.69) is 20.7 Å². The smallest absolute Gasteiger partial charge is 0.273 e. The molecule has 1 amide bonds. The normalized spacial score (nSPS) is 18.8. The minimum Gasteiger partial charge on any atom is -0.347 e. The van der Waals surface area contributed by atoms with Gasteiger partial charge in [0.05, 0.1) is 6.20 Å². The number of amides is 1. The summed E-state index contributed by atoms with van der Waals surface area (Å²) >= 11 is 0. The number of benzene rings is 1. The molecular formula is C15H17F2N5O. The second-order valence-corrected chi connectivity index (χ2v) is 5.60. The highest BCUT2D eigenvalue weighted by molar-refractivity contribution is 5.92. The molecule has 1 unspecified atom stereocenters. The molecule has 1 aromatic carbocycles.